The van der Waals surface area contributed by atoms with Crippen molar-refractivity contribution in [2.75, 3.05) is 14.7 Å². The lowest BCUT2D eigenvalue weighted by Gasteiger charge is -2.51. The van der Waals surface area contributed by atoms with Gasteiger partial charge in [-0.1, -0.05) is 246 Å². The molecule has 14 rings (SSSR count). The molecule has 4 aliphatic rings. The standard InChI is InChI=1S/C80H78BN3/c1-76(2,3)59-37-42-68(63(48-59)55-30-20-14-21-31-55)82-71-47-58(54-28-18-13-19-29-54)34-39-66(71)81-67-40-36-61(78(7,8)9)50-72(67)83(69-43-38-60(77(4,5)6)49-64(69)56-32-22-15-23-33-56)74-52-62(51-73(82)75(74)81)84-70-41-35-57(53-26-16-12-17-27-53)46-65(70)79(10)44-24-25-45-80(79,84)11/h12-23,26-43,46-52H,24-25,44-45H2,1-11H3. The first-order valence-electron chi connectivity index (χ1n) is 30.8. The molecule has 10 aromatic carbocycles. The van der Waals surface area contributed by atoms with Gasteiger partial charge in [-0.2, -0.15) is 0 Å². The predicted octanol–water partition coefficient (Wildman–Crippen LogP) is 20.1. The van der Waals surface area contributed by atoms with Crippen LogP contribution in [-0.2, 0) is 21.7 Å². The minimum Gasteiger partial charge on any atom is -0.334 e. The molecule has 4 heteroatoms. The summed E-state index contributed by atoms with van der Waals surface area (Å²) in [5.74, 6) is 0. The number of hydrogen-bond acceptors (Lipinski definition) is 3. The Labute approximate surface area is 500 Å². The Balaban J connectivity index is 1.15. The summed E-state index contributed by atoms with van der Waals surface area (Å²) in [6.45, 7) is 26.3. The largest absolute Gasteiger partial charge is 0.334 e. The zero-order chi connectivity index (χ0) is 58.1. The van der Waals surface area contributed by atoms with E-state index in [-0.39, 0.29) is 33.9 Å². The number of hydrogen-bond donors (Lipinski definition) is 0. The van der Waals surface area contributed by atoms with Crippen LogP contribution in [0.3, 0.4) is 0 Å². The van der Waals surface area contributed by atoms with Crippen molar-refractivity contribution >= 4 is 68.6 Å². The number of rotatable bonds is 7. The van der Waals surface area contributed by atoms with Crippen LogP contribution in [0.15, 0.2) is 224 Å². The number of nitrogens with zero attached hydrogens (tertiary/aromatic N) is 3. The van der Waals surface area contributed by atoms with Crippen molar-refractivity contribution in [1.29, 1.82) is 0 Å². The van der Waals surface area contributed by atoms with Gasteiger partial charge in [0.1, 0.15) is 0 Å². The summed E-state index contributed by atoms with van der Waals surface area (Å²) in [6, 6.07) is 86.5. The maximum Gasteiger partial charge on any atom is 0.252 e. The monoisotopic (exact) mass is 1090 g/mol. The van der Waals surface area contributed by atoms with Crippen LogP contribution >= 0.6 is 0 Å². The number of anilines is 8. The summed E-state index contributed by atoms with van der Waals surface area (Å²) in [5.41, 5.74) is 28.3. The second kappa shape index (κ2) is 19.6. The second-order valence-electron chi connectivity index (χ2n) is 28.1. The van der Waals surface area contributed by atoms with Gasteiger partial charge in [0.2, 0.25) is 0 Å². The van der Waals surface area contributed by atoms with Crippen molar-refractivity contribution in [1.82, 2.24) is 0 Å². The second-order valence-corrected chi connectivity index (χ2v) is 28.1. The molecule has 1 saturated carbocycles. The minimum absolute atomic E-state index is 0.0706. The molecular formula is C80H78BN3. The van der Waals surface area contributed by atoms with Gasteiger partial charge in [0, 0.05) is 50.7 Å². The predicted molar refractivity (Wildman–Crippen MR) is 361 cm³/mol. The van der Waals surface area contributed by atoms with Crippen molar-refractivity contribution < 1.29 is 0 Å². The van der Waals surface area contributed by atoms with Crippen LogP contribution in [0.4, 0.5) is 45.5 Å². The third kappa shape index (κ3) is 8.60. The lowest BCUT2D eigenvalue weighted by molar-refractivity contribution is 0.195. The van der Waals surface area contributed by atoms with E-state index in [0.29, 0.717) is 0 Å². The summed E-state index contributed by atoms with van der Waals surface area (Å²) in [7, 11) is 0. The summed E-state index contributed by atoms with van der Waals surface area (Å²) in [4.78, 5) is 8.23. The third-order valence-corrected chi connectivity index (χ3v) is 19.9. The molecule has 0 saturated heterocycles. The molecular weight excluding hydrogens is 1010 g/mol. The first-order valence-corrected chi connectivity index (χ1v) is 30.8. The van der Waals surface area contributed by atoms with E-state index >= 15 is 0 Å². The highest BCUT2D eigenvalue weighted by molar-refractivity contribution is 7.00. The molecule has 3 heterocycles. The number of fused-ring (bicyclic) bond motifs is 7. The molecule has 0 amide bonds. The van der Waals surface area contributed by atoms with Gasteiger partial charge in [-0.05, 0) is 169 Å². The summed E-state index contributed by atoms with van der Waals surface area (Å²) < 4.78 is 0. The molecule has 0 bridgehead atoms. The smallest absolute Gasteiger partial charge is 0.252 e. The Morgan fingerprint density at radius 1 is 0.345 bits per heavy atom. The molecule has 10 aromatic rings. The van der Waals surface area contributed by atoms with Gasteiger partial charge >= 0.3 is 0 Å². The quantitative estimate of drug-likeness (QED) is 0.147. The zero-order valence-corrected chi connectivity index (χ0v) is 51.1. The van der Waals surface area contributed by atoms with E-state index < -0.39 is 0 Å². The van der Waals surface area contributed by atoms with Crippen molar-refractivity contribution in [3.05, 3.63) is 247 Å². The zero-order valence-electron chi connectivity index (χ0n) is 51.1. The fourth-order valence-electron chi connectivity index (χ4n) is 14.9. The van der Waals surface area contributed by atoms with Crippen molar-refractivity contribution in [2.24, 2.45) is 0 Å². The van der Waals surface area contributed by atoms with Crippen LogP contribution in [0.25, 0.3) is 44.5 Å². The number of benzene rings is 10. The Kier molecular flexibility index (Phi) is 12.5. The molecule has 0 spiro atoms. The Morgan fingerprint density at radius 2 is 0.750 bits per heavy atom. The normalized spacial score (nSPS) is 18.0. The van der Waals surface area contributed by atoms with Gasteiger partial charge in [0.15, 0.2) is 0 Å². The van der Waals surface area contributed by atoms with Crippen LogP contribution in [0, 0.1) is 0 Å². The van der Waals surface area contributed by atoms with Gasteiger partial charge in [0.25, 0.3) is 6.71 Å². The van der Waals surface area contributed by atoms with Crippen LogP contribution in [0.5, 0.6) is 0 Å². The summed E-state index contributed by atoms with van der Waals surface area (Å²) in [6.07, 6.45) is 4.60. The average molecular weight is 1090 g/mol. The van der Waals surface area contributed by atoms with Crippen molar-refractivity contribution in [2.45, 2.75) is 129 Å². The topological polar surface area (TPSA) is 9.72 Å². The highest BCUT2D eigenvalue weighted by Crippen LogP contribution is 2.63. The molecule has 2 atom stereocenters. The van der Waals surface area contributed by atoms with Crippen LogP contribution < -0.4 is 31.1 Å². The van der Waals surface area contributed by atoms with Crippen molar-refractivity contribution in [3.8, 4) is 44.5 Å². The fraction of sp³-hybridized carbons (Fsp3) is 0.250. The summed E-state index contributed by atoms with van der Waals surface area (Å²) >= 11 is 0. The minimum atomic E-state index is -0.231. The highest BCUT2D eigenvalue weighted by atomic mass is 15.3. The van der Waals surface area contributed by atoms with E-state index in [2.05, 4.69) is 315 Å². The van der Waals surface area contributed by atoms with Crippen LogP contribution in [0.1, 0.15) is 124 Å². The van der Waals surface area contributed by atoms with Gasteiger partial charge in [0.05, 0.1) is 16.9 Å². The SMILES string of the molecule is CC(C)(C)c1ccc(N2c3cc(-c4ccccc4)ccc3B3c4ccc(C(C)(C)C)cc4N(c4ccc(C(C)(C)C)cc4-c4ccccc4)c4cc(N5c6ccc(-c7ccccc7)cc6C6(C)CCCCC56C)cc2c43)c(-c2ccccc2)c1. The maximum atomic E-state index is 2.83. The van der Waals surface area contributed by atoms with Crippen LogP contribution in [0.2, 0.25) is 0 Å². The van der Waals surface area contributed by atoms with E-state index in [9.17, 15) is 0 Å². The summed E-state index contributed by atoms with van der Waals surface area (Å²) in [5, 5.41) is 0. The highest BCUT2D eigenvalue weighted by Gasteiger charge is 2.58. The Bertz CT molecular complexity index is 4180. The molecule has 416 valence electrons. The molecule has 3 nitrogen and oxygen atoms in total. The van der Waals surface area contributed by atoms with Gasteiger partial charge < -0.3 is 14.7 Å². The van der Waals surface area contributed by atoms with Gasteiger partial charge in [-0.25, -0.2) is 0 Å². The lowest BCUT2D eigenvalue weighted by Crippen LogP contribution is -2.61. The molecule has 0 N–H and O–H groups in total. The van der Waals surface area contributed by atoms with E-state index in [1.54, 1.807) is 0 Å². The Morgan fingerprint density at radius 3 is 1.25 bits per heavy atom. The molecule has 1 fully saturated rings. The Hall–Kier alpha value is -8.34. The molecule has 1 aliphatic carbocycles. The molecule has 84 heavy (non-hydrogen) atoms. The fourth-order valence-corrected chi connectivity index (χ4v) is 14.9. The van der Waals surface area contributed by atoms with E-state index in [0.717, 1.165) is 12.8 Å². The van der Waals surface area contributed by atoms with Gasteiger partial charge in [-0.3, -0.25) is 0 Å². The van der Waals surface area contributed by atoms with Crippen molar-refractivity contribution in [3.63, 3.8) is 0 Å². The van der Waals surface area contributed by atoms with E-state index in [1.165, 1.54) is 141 Å². The first-order chi connectivity index (χ1) is 40.3. The molecule has 0 radical (unpaired) electrons. The molecule has 0 aromatic heterocycles. The molecule has 3 aliphatic heterocycles. The average Bonchev–Trinajstić information content (AvgIpc) is 1.44. The molecule has 2 unspecified atom stereocenters. The van der Waals surface area contributed by atoms with E-state index in [1.807, 2.05) is 0 Å². The van der Waals surface area contributed by atoms with Gasteiger partial charge in [-0.15, -0.1) is 0 Å². The lowest BCUT2D eigenvalue weighted by atomic mass is 9.33. The van der Waals surface area contributed by atoms with Crippen LogP contribution in [-0.4, -0.2) is 12.3 Å². The maximum absolute atomic E-state index is 2.83. The first kappa shape index (κ1) is 53.7. The third-order valence-electron chi connectivity index (χ3n) is 19.9. The van der Waals surface area contributed by atoms with E-state index in [4.69, 9.17) is 0 Å².